The fraction of sp³-hybridized carbons (Fsp3) is 1.00. The molecular weight excluding hydrogens is 158 g/mol. The van der Waals surface area contributed by atoms with Crippen LogP contribution in [0, 0.1) is 17.8 Å². The predicted molar refractivity (Wildman–Crippen MR) is 60.9 cm³/mol. The van der Waals surface area contributed by atoms with Crippen LogP contribution >= 0.6 is 0 Å². The van der Waals surface area contributed by atoms with Gasteiger partial charge in [0.25, 0.3) is 0 Å². The molecule has 2 atom stereocenters. The van der Waals surface area contributed by atoms with Gasteiger partial charge < -0.3 is 5.32 Å². The third-order valence-corrected chi connectivity index (χ3v) is 3.00. The molecule has 0 aliphatic carbocycles. The minimum absolute atomic E-state index is 0.813. The van der Waals surface area contributed by atoms with Crippen molar-refractivity contribution in [2.75, 3.05) is 13.1 Å². The lowest BCUT2D eigenvalue weighted by Gasteiger charge is -2.24. The van der Waals surface area contributed by atoms with Gasteiger partial charge in [0.1, 0.15) is 0 Å². The lowest BCUT2D eigenvalue weighted by atomic mass is 9.86. The molecule has 0 aromatic heterocycles. The lowest BCUT2D eigenvalue weighted by molar-refractivity contribution is 0.293. The molecule has 0 aliphatic heterocycles. The molecule has 0 saturated heterocycles. The monoisotopic (exact) mass is 185 g/mol. The minimum Gasteiger partial charge on any atom is -0.317 e. The van der Waals surface area contributed by atoms with Crippen molar-refractivity contribution >= 4 is 0 Å². The number of hydrogen-bond donors (Lipinski definition) is 1. The summed E-state index contributed by atoms with van der Waals surface area (Å²) >= 11 is 0. The third kappa shape index (κ3) is 6.09. The van der Waals surface area contributed by atoms with Crippen LogP contribution in [0.25, 0.3) is 0 Å². The largest absolute Gasteiger partial charge is 0.317 e. The Hall–Kier alpha value is -0.0400. The molecule has 0 fully saturated rings. The highest BCUT2D eigenvalue weighted by Gasteiger charge is 2.15. The molecule has 80 valence electrons. The number of hydrogen-bond acceptors (Lipinski definition) is 1. The Kier molecular flexibility index (Phi) is 7.35. The molecule has 0 bridgehead atoms. The molecule has 0 radical (unpaired) electrons. The SMILES string of the molecule is CCNCC(CC(C)CC)C(C)C. The van der Waals surface area contributed by atoms with Crippen LogP contribution in [0.5, 0.6) is 0 Å². The quantitative estimate of drug-likeness (QED) is 0.641. The minimum atomic E-state index is 0.813. The van der Waals surface area contributed by atoms with E-state index >= 15 is 0 Å². The third-order valence-electron chi connectivity index (χ3n) is 3.00. The molecule has 0 amide bonds. The molecular formula is C12H27N. The fourth-order valence-electron chi connectivity index (χ4n) is 1.60. The van der Waals surface area contributed by atoms with Crippen LogP contribution < -0.4 is 5.32 Å². The van der Waals surface area contributed by atoms with Crippen molar-refractivity contribution in [3.8, 4) is 0 Å². The molecule has 0 spiro atoms. The summed E-state index contributed by atoms with van der Waals surface area (Å²) in [7, 11) is 0. The maximum atomic E-state index is 3.46. The van der Waals surface area contributed by atoms with E-state index in [4.69, 9.17) is 0 Å². The van der Waals surface area contributed by atoms with Gasteiger partial charge in [-0.15, -0.1) is 0 Å². The van der Waals surface area contributed by atoms with Gasteiger partial charge in [-0.05, 0) is 37.3 Å². The van der Waals surface area contributed by atoms with Crippen LogP contribution in [0.3, 0.4) is 0 Å². The van der Waals surface area contributed by atoms with Crippen molar-refractivity contribution in [1.29, 1.82) is 0 Å². The van der Waals surface area contributed by atoms with Gasteiger partial charge in [0.2, 0.25) is 0 Å². The van der Waals surface area contributed by atoms with Crippen molar-refractivity contribution in [2.45, 2.75) is 47.5 Å². The van der Waals surface area contributed by atoms with Crippen molar-refractivity contribution in [3.05, 3.63) is 0 Å². The van der Waals surface area contributed by atoms with Gasteiger partial charge in [-0.3, -0.25) is 0 Å². The Morgan fingerprint density at radius 1 is 1.08 bits per heavy atom. The number of nitrogens with one attached hydrogen (secondary N) is 1. The van der Waals surface area contributed by atoms with E-state index in [2.05, 4.69) is 39.9 Å². The zero-order valence-corrected chi connectivity index (χ0v) is 10.1. The van der Waals surface area contributed by atoms with Gasteiger partial charge in [0, 0.05) is 0 Å². The van der Waals surface area contributed by atoms with Crippen LogP contribution in [0.4, 0.5) is 0 Å². The summed E-state index contributed by atoms with van der Waals surface area (Å²) in [6, 6.07) is 0. The van der Waals surface area contributed by atoms with Crippen molar-refractivity contribution < 1.29 is 0 Å². The van der Waals surface area contributed by atoms with Crippen LogP contribution in [-0.2, 0) is 0 Å². The first kappa shape index (κ1) is 13.0. The summed E-state index contributed by atoms with van der Waals surface area (Å²) in [4.78, 5) is 0. The second-order valence-corrected chi connectivity index (χ2v) is 4.56. The summed E-state index contributed by atoms with van der Waals surface area (Å²) in [6.45, 7) is 13.8. The Labute approximate surface area is 84.3 Å². The Morgan fingerprint density at radius 2 is 1.69 bits per heavy atom. The standard InChI is InChI=1S/C12H27N/c1-6-11(5)8-12(10(3)4)9-13-7-2/h10-13H,6-9H2,1-5H3. The van der Waals surface area contributed by atoms with E-state index in [1.54, 1.807) is 0 Å². The molecule has 2 unspecified atom stereocenters. The summed E-state index contributed by atoms with van der Waals surface area (Å²) in [6.07, 6.45) is 2.69. The molecule has 0 aromatic rings. The molecule has 13 heavy (non-hydrogen) atoms. The van der Waals surface area contributed by atoms with E-state index in [9.17, 15) is 0 Å². The summed E-state index contributed by atoms with van der Waals surface area (Å²) in [5.41, 5.74) is 0. The average Bonchev–Trinajstić information content (AvgIpc) is 2.11. The molecule has 0 aromatic carbocycles. The normalized spacial score (nSPS) is 16.2. The van der Waals surface area contributed by atoms with Crippen LogP contribution in [0.2, 0.25) is 0 Å². The molecule has 0 rings (SSSR count). The maximum absolute atomic E-state index is 3.46. The van der Waals surface area contributed by atoms with Gasteiger partial charge in [-0.2, -0.15) is 0 Å². The fourth-order valence-corrected chi connectivity index (χ4v) is 1.60. The van der Waals surface area contributed by atoms with Gasteiger partial charge in [0.15, 0.2) is 0 Å². The zero-order chi connectivity index (χ0) is 10.3. The molecule has 0 saturated carbocycles. The van der Waals surface area contributed by atoms with E-state index in [1.807, 2.05) is 0 Å². The first-order valence-electron chi connectivity index (χ1n) is 5.82. The summed E-state index contributed by atoms with van der Waals surface area (Å²) in [5, 5.41) is 3.46. The van der Waals surface area contributed by atoms with E-state index in [1.165, 1.54) is 19.4 Å². The van der Waals surface area contributed by atoms with Gasteiger partial charge in [-0.25, -0.2) is 0 Å². The topological polar surface area (TPSA) is 12.0 Å². The van der Waals surface area contributed by atoms with Crippen LogP contribution in [0.15, 0.2) is 0 Å². The van der Waals surface area contributed by atoms with E-state index in [-0.39, 0.29) is 0 Å². The average molecular weight is 185 g/mol. The predicted octanol–water partition coefficient (Wildman–Crippen LogP) is 3.30. The summed E-state index contributed by atoms with van der Waals surface area (Å²) < 4.78 is 0. The van der Waals surface area contributed by atoms with Crippen molar-refractivity contribution in [2.24, 2.45) is 17.8 Å². The van der Waals surface area contributed by atoms with Gasteiger partial charge in [-0.1, -0.05) is 41.0 Å². The van der Waals surface area contributed by atoms with E-state index in [0.29, 0.717) is 0 Å². The van der Waals surface area contributed by atoms with Gasteiger partial charge in [0.05, 0.1) is 0 Å². The second-order valence-electron chi connectivity index (χ2n) is 4.56. The van der Waals surface area contributed by atoms with Crippen molar-refractivity contribution in [3.63, 3.8) is 0 Å². The highest BCUT2D eigenvalue weighted by atomic mass is 14.8. The van der Waals surface area contributed by atoms with Gasteiger partial charge >= 0.3 is 0 Å². The highest BCUT2D eigenvalue weighted by molar-refractivity contribution is 4.68. The van der Waals surface area contributed by atoms with Crippen LogP contribution in [0.1, 0.15) is 47.5 Å². The second kappa shape index (κ2) is 7.37. The Balaban J connectivity index is 3.79. The first-order chi connectivity index (χ1) is 6.11. The van der Waals surface area contributed by atoms with Crippen molar-refractivity contribution in [1.82, 2.24) is 5.32 Å². The smallest absolute Gasteiger partial charge is 0.00181 e. The molecule has 1 nitrogen and oxygen atoms in total. The maximum Gasteiger partial charge on any atom is -0.00181 e. The van der Waals surface area contributed by atoms with E-state index in [0.717, 1.165) is 24.3 Å². The molecule has 0 aliphatic rings. The Morgan fingerprint density at radius 3 is 2.08 bits per heavy atom. The zero-order valence-electron chi connectivity index (χ0n) is 10.1. The lowest BCUT2D eigenvalue weighted by Crippen LogP contribution is -2.27. The highest BCUT2D eigenvalue weighted by Crippen LogP contribution is 2.21. The number of rotatable bonds is 7. The molecule has 1 N–H and O–H groups in total. The Bertz CT molecular complexity index is 110. The first-order valence-corrected chi connectivity index (χ1v) is 5.82. The van der Waals surface area contributed by atoms with E-state index < -0.39 is 0 Å². The molecule has 0 heterocycles. The van der Waals surface area contributed by atoms with Crippen LogP contribution in [-0.4, -0.2) is 13.1 Å². The summed E-state index contributed by atoms with van der Waals surface area (Å²) in [5.74, 6) is 2.55. The molecule has 1 heteroatoms.